The first-order valence-corrected chi connectivity index (χ1v) is 8.30. The van der Waals surface area contributed by atoms with Crippen molar-refractivity contribution in [2.24, 2.45) is 11.7 Å². The predicted molar refractivity (Wildman–Crippen MR) is 89.0 cm³/mol. The molecule has 0 heterocycles. The summed E-state index contributed by atoms with van der Waals surface area (Å²) in [6.07, 6.45) is 4.97. The third-order valence-corrected chi connectivity index (χ3v) is 4.70. The zero-order valence-electron chi connectivity index (χ0n) is 13.7. The zero-order chi connectivity index (χ0) is 15.9. The first-order valence-electron chi connectivity index (χ1n) is 8.30. The van der Waals surface area contributed by atoms with E-state index in [1.54, 1.807) is 0 Å². The summed E-state index contributed by atoms with van der Waals surface area (Å²) in [5.74, 6) is 1.36. The molecule has 0 spiro atoms. The highest BCUT2D eigenvalue weighted by Crippen LogP contribution is 2.24. The number of nitrogens with two attached hydrogens (primary N) is 1. The van der Waals surface area contributed by atoms with Crippen LogP contribution in [-0.2, 0) is 4.79 Å². The second-order valence-electron chi connectivity index (χ2n) is 6.25. The maximum Gasteiger partial charge on any atom is 0.223 e. The van der Waals surface area contributed by atoms with Gasteiger partial charge in [-0.05, 0) is 56.3 Å². The molecule has 0 bridgehead atoms. The number of hydrogen-bond acceptors (Lipinski definition) is 3. The van der Waals surface area contributed by atoms with Gasteiger partial charge in [0.05, 0.1) is 13.0 Å². The van der Waals surface area contributed by atoms with Crippen LogP contribution in [0.3, 0.4) is 0 Å². The molecule has 1 aromatic rings. The lowest BCUT2D eigenvalue weighted by Crippen LogP contribution is -2.45. The van der Waals surface area contributed by atoms with Gasteiger partial charge in [-0.1, -0.05) is 25.0 Å². The van der Waals surface area contributed by atoms with E-state index in [2.05, 4.69) is 18.3 Å². The molecule has 1 aliphatic carbocycles. The van der Waals surface area contributed by atoms with E-state index >= 15 is 0 Å². The van der Waals surface area contributed by atoms with E-state index < -0.39 is 0 Å². The van der Waals surface area contributed by atoms with Gasteiger partial charge in [-0.15, -0.1) is 0 Å². The molecular formula is C18H28N2O2. The Morgan fingerprint density at radius 2 is 2.09 bits per heavy atom. The maximum atomic E-state index is 12.1. The summed E-state index contributed by atoms with van der Waals surface area (Å²) in [6.45, 7) is 5.17. The highest BCUT2D eigenvalue weighted by Gasteiger charge is 2.25. The molecule has 1 amide bonds. The third kappa shape index (κ3) is 4.47. The van der Waals surface area contributed by atoms with Crippen molar-refractivity contribution < 1.29 is 9.53 Å². The number of ether oxygens (including phenoxy) is 1. The molecule has 2 rings (SSSR count). The van der Waals surface area contributed by atoms with Gasteiger partial charge in [-0.3, -0.25) is 4.79 Å². The van der Waals surface area contributed by atoms with Crippen LogP contribution >= 0.6 is 0 Å². The lowest BCUT2D eigenvalue weighted by atomic mass is 9.84. The van der Waals surface area contributed by atoms with Crippen molar-refractivity contribution in [3.05, 3.63) is 29.3 Å². The van der Waals surface area contributed by atoms with Crippen molar-refractivity contribution in [2.45, 2.75) is 52.0 Å². The van der Waals surface area contributed by atoms with Gasteiger partial charge < -0.3 is 15.8 Å². The zero-order valence-corrected chi connectivity index (χ0v) is 13.7. The maximum absolute atomic E-state index is 12.1. The first kappa shape index (κ1) is 16.8. The summed E-state index contributed by atoms with van der Waals surface area (Å²) in [5, 5.41) is 3.13. The molecule has 1 aromatic carbocycles. The van der Waals surface area contributed by atoms with Gasteiger partial charge >= 0.3 is 0 Å². The molecule has 1 saturated carbocycles. The molecule has 0 aromatic heterocycles. The van der Waals surface area contributed by atoms with Crippen LogP contribution in [0.1, 0.15) is 43.2 Å². The normalized spacial score (nSPS) is 21.4. The SMILES string of the molecule is Cc1cccc(OCCC(=O)NC2CCCCC2CN)c1C. The average molecular weight is 304 g/mol. The highest BCUT2D eigenvalue weighted by molar-refractivity contribution is 5.76. The van der Waals surface area contributed by atoms with Crippen LogP contribution in [0.2, 0.25) is 0 Å². The van der Waals surface area contributed by atoms with Crippen molar-refractivity contribution in [1.29, 1.82) is 0 Å². The predicted octanol–water partition coefficient (Wildman–Crippen LogP) is 2.71. The molecule has 122 valence electrons. The van der Waals surface area contributed by atoms with E-state index in [0.29, 0.717) is 25.5 Å². The van der Waals surface area contributed by atoms with E-state index in [9.17, 15) is 4.79 Å². The molecule has 2 atom stereocenters. The van der Waals surface area contributed by atoms with Crippen LogP contribution < -0.4 is 15.8 Å². The van der Waals surface area contributed by atoms with Crippen LogP contribution in [-0.4, -0.2) is 25.1 Å². The van der Waals surface area contributed by atoms with Crippen LogP contribution in [0.15, 0.2) is 18.2 Å². The van der Waals surface area contributed by atoms with Gasteiger partial charge in [0.1, 0.15) is 5.75 Å². The summed E-state index contributed by atoms with van der Waals surface area (Å²) in [7, 11) is 0. The number of carbonyl (C=O) groups excluding carboxylic acids is 1. The summed E-state index contributed by atoms with van der Waals surface area (Å²) in [5.41, 5.74) is 8.14. The minimum atomic E-state index is 0.0654. The Kier molecular flexibility index (Phi) is 6.25. The number of hydrogen-bond donors (Lipinski definition) is 2. The molecule has 0 aliphatic heterocycles. The summed E-state index contributed by atoms with van der Waals surface area (Å²) in [4.78, 5) is 12.1. The largest absolute Gasteiger partial charge is 0.493 e. The van der Waals surface area contributed by atoms with Gasteiger partial charge in [-0.25, -0.2) is 0 Å². The molecule has 4 nitrogen and oxygen atoms in total. The Bertz CT molecular complexity index is 502. The topological polar surface area (TPSA) is 64.3 Å². The first-order chi connectivity index (χ1) is 10.6. The Hall–Kier alpha value is -1.55. The molecule has 4 heteroatoms. The number of benzene rings is 1. The van der Waals surface area contributed by atoms with Crippen molar-refractivity contribution in [3.8, 4) is 5.75 Å². The third-order valence-electron chi connectivity index (χ3n) is 4.70. The van der Waals surface area contributed by atoms with Crippen molar-refractivity contribution in [3.63, 3.8) is 0 Å². The minimum absolute atomic E-state index is 0.0654. The lowest BCUT2D eigenvalue weighted by Gasteiger charge is -2.31. The molecule has 1 aliphatic rings. The van der Waals surface area contributed by atoms with Crippen molar-refractivity contribution in [2.75, 3.05) is 13.2 Å². The number of rotatable bonds is 6. The molecule has 0 saturated heterocycles. The molecule has 3 N–H and O–H groups in total. The number of aryl methyl sites for hydroxylation is 1. The summed E-state index contributed by atoms with van der Waals surface area (Å²) < 4.78 is 5.75. The second kappa shape index (κ2) is 8.18. The molecule has 2 unspecified atom stereocenters. The van der Waals surface area contributed by atoms with Gasteiger partial charge in [0.2, 0.25) is 5.91 Å². The van der Waals surface area contributed by atoms with Crippen molar-refractivity contribution >= 4 is 5.91 Å². The second-order valence-corrected chi connectivity index (χ2v) is 6.25. The molecule has 0 radical (unpaired) electrons. The average Bonchev–Trinajstić information content (AvgIpc) is 2.52. The minimum Gasteiger partial charge on any atom is -0.493 e. The van der Waals surface area contributed by atoms with E-state index in [0.717, 1.165) is 24.2 Å². The van der Waals surface area contributed by atoms with Gasteiger partial charge in [0, 0.05) is 6.04 Å². The summed E-state index contributed by atoms with van der Waals surface area (Å²) >= 11 is 0. The molecular weight excluding hydrogens is 276 g/mol. The van der Waals surface area contributed by atoms with E-state index in [-0.39, 0.29) is 11.9 Å². The fourth-order valence-electron chi connectivity index (χ4n) is 3.09. The fraction of sp³-hybridized carbons (Fsp3) is 0.611. The van der Waals surface area contributed by atoms with Crippen LogP contribution in [0.4, 0.5) is 0 Å². The quantitative estimate of drug-likeness (QED) is 0.849. The van der Waals surface area contributed by atoms with Gasteiger partial charge in [-0.2, -0.15) is 0 Å². The molecule has 22 heavy (non-hydrogen) atoms. The lowest BCUT2D eigenvalue weighted by molar-refractivity contribution is -0.122. The van der Waals surface area contributed by atoms with Gasteiger partial charge in [0.15, 0.2) is 0 Å². The standard InChI is InChI=1S/C18H28N2O2/c1-13-6-5-9-17(14(13)2)22-11-10-18(21)20-16-8-4-3-7-15(16)12-19/h5-6,9,15-16H,3-4,7-8,10-12,19H2,1-2H3,(H,20,21). The monoisotopic (exact) mass is 304 g/mol. The Morgan fingerprint density at radius 3 is 2.86 bits per heavy atom. The number of nitrogens with one attached hydrogen (secondary N) is 1. The Labute approximate surface area is 133 Å². The number of amides is 1. The Balaban J connectivity index is 1.77. The Morgan fingerprint density at radius 1 is 1.32 bits per heavy atom. The van der Waals surface area contributed by atoms with E-state index in [4.69, 9.17) is 10.5 Å². The number of carbonyl (C=O) groups is 1. The van der Waals surface area contributed by atoms with E-state index in [1.165, 1.54) is 18.4 Å². The molecule has 1 fully saturated rings. The van der Waals surface area contributed by atoms with Gasteiger partial charge in [0.25, 0.3) is 0 Å². The van der Waals surface area contributed by atoms with E-state index in [1.807, 2.05) is 19.1 Å². The van der Waals surface area contributed by atoms with Crippen LogP contribution in [0, 0.1) is 19.8 Å². The smallest absolute Gasteiger partial charge is 0.223 e. The van der Waals surface area contributed by atoms with Crippen LogP contribution in [0.25, 0.3) is 0 Å². The summed E-state index contributed by atoms with van der Waals surface area (Å²) in [6, 6.07) is 6.23. The highest BCUT2D eigenvalue weighted by atomic mass is 16.5. The van der Waals surface area contributed by atoms with Crippen LogP contribution in [0.5, 0.6) is 5.75 Å². The fourth-order valence-corrected chi connectivity index (χ4v) is 3.09. The van der Waals surface area contributed by atoms with Crippen molar-refractivity contribution in [1.82, 2.24) is 5.32 Å².